The molecule has 0 aliphatic heterocycles. The minimum absolute atomic E-state index is 0.204. The Kier molecular flexibility index (Phi) is 4.90. The maximum atomic E-state index is 12.3. The average molecular weight is 415 g/mol. The maximum absolute atomic E-state index is 12.3. The van der Waals surface area contributed by atoms with Gasteiger partial charge in [0, 0.05) is 16.9 Å². The van der Waals surface area contributed by atoms with Crippen LogP contribution in [-0.2, 0) is 6.54 Å². The molecular formula is C20H16F3N5O2. The molecule has 154 valence electrons. The Morgan fingerprint density at radius 3 is 2.57 bits per heavy atom. The van der Waals surface area contributed by atoms with Crippen LogP contribution < -0.4 is 10.5 Å². The molecule has 0 aliphatic rings. The van der Waals surface area contributed by atoms with Crippen molar-refractivity contribution in [2.75, 3.05) is 5.73 Å². The monoisotopic (exact) mass is 415 g/mol. The summed E-state index contributed by atoms with van der Waals surface area (Å²) in [6, 6.07) is 14.5. The molecule has 0 bridgehead atoms. The Labute approximate surface area is 168 Å². The van der Waals surface area contributed by atoms with Crippen LogP contribution in [0, 0.1) is 6.92 Å². The SMILES string of the molecule is Cc1cc(-c2nc(-c3ccc(OC(F)(F)F)cc3)no2)nn1Cc1cccc(N)c1. The zero-order chi connectivity index (χ0) is 21.3. The van der Waals surface area contributed by atoms with E-state index in [-0.39, 0.29) is 17.5 Å². The van der Waals surface area contributed by atoms with Crippen LogP contribution in [0.4, 0.5) is 18.9 Å². The van der Waals surface area contributed by atoms with Crippen molar-refractivity contribution in [1.29, 1.82) is 0 Å². The first-order chi connectivity index (χ1) is 14.3. The highest BCUT2D eigenvalue weighted by molar-refractivity contribution is 5.59. The van der Waals surface area contributed by atoms with Gasteiger partial charge in [-0.05, 0) is 55.0 Å². The predicted octanol–water partition coefficient (Wildman–Crippen LogP) is 4.44. The van der Waals surface area contributed by atoms with Gasteiger partial charge in [-0.15, -0.1) is 13.2 Å². The number of hydrogen-bond acceptors (Lipinski definition) is 6. The maximum Gasteiger partial charge on any atom is 0.573 e. The number of alkyl halides is 3. The molecular weight excluding hydrogens is 399 g/mol. The molecule has 30 heavy (non-hydrogen) atoms. The van der Waals surface area contributed by atoms with Crippen LogP contribution in [0.15, 0.2) is 59.1 Å². The molecule has 4 aromatic rings. The van der Waals surface area contributed by atoms with Crippen molar-refractivity contribution in [3.63, 3.8) is 0 Å². The lowest BCUT2D eigenvalue weighted by atomic mass is 10.2. The number of rotatable bonds is 5. The first-order valence-corrected chi connectivity index (χ1v) is 8.86. The highest BCUT2D eigenvalue weighted by Gasteiger charge is 2.31. The summed E-state index contributed by atoms with van der Waals surface area (Å²) >= 11 is 0. The highest BCUT2D eigenvalue weighted by atomic mass is 19.4. The fourth-order valence-corrected chi connectivity index (χ4v) is 2.89. The van der Waals surface area contributed by atoms with Gasteiger partial charge in [-0.2, -0.15) is 10.1 Å². The number of aromatic nitrogens is 4. The molecule has 4 rings (SSSR count). The quantitative estimate of drug-likeness (QED) is 0.485. The van der Waals surface area contributed by atoms with Crippen LogP contribution >= 0.6 is 0 Å². The zero-order valence-corrected chi connectivity index (χ0v) is 15.7. The third-order valence-corrected chi connectivity index (χ3v) is 4.26. The lowest BCUT2D eigenvalue weighted by Gasteiger charge is -2.08. The number of benzene rings is 2. The minimum atomic E-state index is -4.75. The molecule has 2 aromatic heterocycles. The predicted molar refractivity (Wildman–Crippen MR) is 102 cm³/mol. The van der Waals surface area contributed by atoms with Crippen molar-refractivity contribution in [2.45, 2.75) is 19.8 Å². The van der Waals surface area contributed by atoms with Crippen LogP contribution in [0.3, 0.4) is 0 Å². The molecule has 0 saturated carbocycles. The molecule has 10 heteroatoms. The molecule has 0 atom stereocenters. The van der Waals surface area contributed by atoms with Gasteiger partial charge in [-0.3, -0.25) is 4.68 Å². The Morgan fingerprint density at radius 2 is 1.87 bits per heavy atom. The van der Waals surface area contributed by atoms with Crippen LogP contribution in [0.25, 0.3) is 23.0 Å². The van der Waals surface area contributed by atoms with Gasteiger partial charge in [0.05, 0.1) is 6.54 Å². The Balaban J connectivity index is 1.53. The smallest absolute Gasteiger partial charge is 0.406 e. The van der Waals surface area contributed by atoms with Gasteiger partial charge in [0.25, 0.3) is 5.89 Å². The van der Waals surface area contributed by atoms with Gasteiger partial charge in [0.2, 0.25) is 5.82 Å². The fourth-order valence-electron chi connectivity index (χ4n) is 2.89. The van der Waals surface area contributed by atoms with Crippen LogP contribution in [0.5, 0.6) is 5.75 Å². The number of nitrogens with two attached hydrogens (primary N) is 1. The van der Waals surface area contributed by atoms with Crippen LogP contribution in [-0.4, -0.2) is 26.3 Å². The number of halogens is 3. The summed E-state index contributed by atoms with van der Waals surface area (Å²) in [6.45, 7) is 2.43. The lowest BCUT2D eigenvalue weighted by Crippen LogP contribution is -2.16. The molecule has 0 saturated heterocycles. The van der Waals surface area contributed by atoms with Crippen molar-refractivity contribution in [3.05, 3.63) is 65.9 Å². The second kappa shape index (κ2) is 7.54. The number of nitrogen functional groups attached to an aromatic ring is 1. The molecule has 0 unspecified atom stereocenters. The number of anilines is 1. The Bertz CT molecular complexity index is 1170. The van der Waals surface area contributed by atoms with E-state index in [9.17, 15) is 13.2 Å². The first-order valence-electron chi connectivity index (χ1n) is 8.86. The van der Waals surface area contributed by atoms with Gasteiger partial charge in [0.1, 0.15) is 5.75 Å². The Morgan fingerprint density at radius 1 is 1.10 bits per heavy atom. The van der Waals surface area contributed by atoms with Gasteiger partial charge in [-0.25, -0.2) is 0 Å². The third-order valence-electron chi connectivity index (χ3n) is 4.26. The highest BCUT2D eigenvalue weighted by Crippen LogP contribution is 2.27. The zero-order valence-electron chi connectivity index (χ0n) is 15.7. The van der Waals surface area contributed by atoms with Crippen molar-refractivity contribution in [1.82, 2.24) is 19.9 Å². The van der Waals surface area contributed by atoms with Crippen molar-refractivity contribution in [2.24, 2.45) is 0 Å². The van der Waals surface area contributed by atoms with Gasteiger partial charge >= 0.3 is 6.36 Å². The summed E-state index contributed by atoms with van der Waals surface area (Å²) in [7, 11) is 0. The number of nitrogens with zero attached hydrogens (tertiary/aromatic N) is 4. The standard InChI is InChI=1S/C20H16F3N5O2/c1-12-9-17(26-28(12)11-13-3-2-4-15(24)10-13)19-25-18(27-30-19)14-5-7-16(8-6-14)29-20(21,22)23/h2-10H,11,24H2,1H3. The minimum Gasteiger partial charge on any atom is -0.406 e. The van der Waals surface area contributed by atoms with E-state index in [2.05, 4.69) is 20.0 Å². The number of hydrogen-bond donors (Lipinski definition) is 1. The molecule has 0 spiro atoms. The van der Waals surface area contributed by atoms with Gasteiger partial charge in [0.15, 0.2) is 5.69 Å². The van der Waals surface area contributed by atoms with Crippen LogP contribution in [0.2, 0.25) is 0 Å². The Hall–Kier alpha value is -3.82. The third kappa shape index (κ3) is 4.43. The van der Waals surface area contributed by atoms with E-state index in [0.717, 1.165) is 11.3 Å². The largest absolute Gasteiger partial charge is 0.573 e. The van der Waals surface area contributed by atoms with Gasteiger partial charge in [-0.1, -0.05) is 17.3 Å². The second-order valence-electron chi connectivity index (χ2n) is 6.57. The molecule has 2 N–H and O–H groups in total. The number of aryl methyl sites for hydroxylation is 1. The summed E-state index contributed by atoms with van der Waals surface area (Å²) in [5.74, 6) is 0.104. The van der Waals surface area contributed by atoms with E-state index >= 15 is 0 Å². The molecule has 7 nitrogen and oxygen atoms in total. The molecule has 2 heterocycles. The van der Waals surface area contributed by atoms with E-state index in [0.29, 0.717) is 23.5 Å². The topological polar surface area (TPSA) is 92.0 Å². The van der Waals surface area contributed by atoms with Crippen molar-refractivity contribution in [3.8, 4) is 28.7 Å². The molecule has 0 fully saturated rings. The first kappa shape index (κ1) is 19.5. The van der Waals surface area contributed by atoms with Crippen LogP contribution in [0.1, 0.15) is 11.3 Å². The van der Waals surface area contributed by atoms with Crippen molar-refractivity contribution < 1.29 is 22.4 Å². The summed E-state index contributed by atoms with van der Waals surface area (Å²) < 4.78 is 47.7. The average Bonchev–Trinajstić information content (AvgIpc) is 3.29. The molecule has 2 aromatic carbocycles. The molecule has 0 amide bonds. The van der Waals surface area contributed by atoms with E-state index in [1.165, 1.54) is 24.3 Å². The molecule has 0 aliphatic carbocycles. The van der Waals surface area contributed by atoms with Gasteiger partial charge < -0.3 is 15.0 Å². The van der Waals surface area contributed by atoms with E-state index in [4.69, 9.17) is 10.3 Å². The van der Waals surface area contributed by atoms with Crippen molar-refractivity contribution >= 4 is 5.69 Å². The number of ether oxygens (including phenoxy) is 1. The van der Waals surface area contributed by atoms with E-state index < -0.39 is 6.36 Å². The van der Waals surface area contributed by atoms with E-state index in [1.54, 1.807) is 4.68 Å². The lowest BCUT2D eigenvalue weighted by molar-refractivity contribution is -0.274. The van der Waals surface area contributed by atoms with E-state index in [1.807, 2.05) is 37.3 Å². The molecule has 0 radical (unpaired) electrons. The summed E-state index contributed by atoms with van der Waals surface area (Å²) in [5.41, 5.74) is 9.35. The summed E-state index contributed by atoms with van der Waals surface area (Å²) in [6.07, 6.45) is -4.75. The normalized spacial score (nSPS) is 11.6. The summed E-state index contributed by atoms with van der Waals surface area (Å²) in [5, 5.41) is 8.39. The fraction of sp³-hybridized carbons (Fsp3) is 0.150. The second-order valence-corrected chi connectivity index (χ2v) is 6.57. The summed E-state index contributed by atoms with van der Waals surface area (Å²) in [4.78, 5) is 4.29.